The lowest BCUT2D eigenvalue weighted by atomic mass is 10.3. The maximum absolute atomic E-state index is 11.5. The van der Waals surface area contributed by atoms with Crippen LogP contribution >= 0.6 is 0 Å². The van der Waals surface area contributed by atoms with Crippen LogP contribution < -0.4 is 5.32 Å². The topological polar surface area (TPSA) is 57.0 Å². The van der Waals surface area contributed by atoms with Crippen LogP contribution in [0, 0.1) is 6.92 Å². The van der Waals surface area contributed by atoms with Gasteiger partial charge in [0, 0.05) is 5.32 Å². The van der Waals surface area contributed by atoms with Crippen molar-refractivity contribution in [3.63, 3.8) is 0 Å². The summed E-state index contributed by atoms with van der Waals surface area (Å²) in [7, 11) is -0.176. The third kappa shape index (κ3) is 2.32. The van der Waals surface area contributed by atoms with Crippen LogP contribution in [0.2, 0.25) is 19.6 Å². The lowest BCUT2D eigenvalue weighted by Gasteiger charge is -2.21. The fourth-order valence-corrected chi connectivity index (χ4v) is 3.86. The van der Waals surface area contributed by atoms with Gasteiger partial charge in [0.05, 0.1) is 12.8 Å². The zero-order valence-electron chi connectivity index (χ0n) is 10.7. The van der Waals surface area contributed by atoms with E-state index in [1.165, 1.54) is 7.11 Å². The Morgan fingerprint density at radius 3 is 2.44 bits per heavy atom. The summed E-state index contributed by atoms with van der Waals surface area (Å²) in [6, 6.07) is -0.409. The van der Waals surface area contributed by atoms with Crippen LogP contribution in [-0.4, -0.2) is 36.1 Å². The maximum Gasteiger partial charge on any atom is 0.330 e. The Morgan fingerprint density at radius 1 is 1.44 bits per heavy atom. The van der Waals surface area contributed by atoms with Crippen molar-refractivity contribution >= 4 is 19.4 Å². The van der Waals surface area contributed by atoms with Gasteiger partial charge in [-0.15, -0.1) is 5.10 Å². The van der Waals surface area contributed by atoms with Gasteiger partial charge in [-0.3, -0.25) is 0 Å². The first kappa shape index (κ1) is 12.9. The molecule has 90 valence electrons. The average Bonchev–Trinajstić information content (AvgIpc) is 2.57. The second-order valence-electron chi connectivity index (χ2n) is 4.92. The maximum atomic E-state index is 11.5. The largest absolute Gasteiger partial charge is 0.467 e. The van der Waals surface area contributed by atoms with Gasteiger partial charge in [0.2, 0.25) is 0 Å². The summed E-state index contributed by atoms with van der Waals surface area (Å²) in [5, 5.41) is 9.21. The van der Waals surface area contributed by atoms with Crippen molar-refractivity contribution in [2.24, 2.45) is 0 Å². The van der Waals surface area contributed by atoms with E-state index in [9.17, 15) is 4.79 Å². The molecule has 1 unspecified atom stereocenters. The van der Waals surface area contributed by atoms with E-state index in [0.29, 0.717) is 0 Å². The molecule has 0 aliphatic heterocycles. The van der Waals surface area contributed by atoms with Gasteiger partial charge in [-0.25, -0.2) is 9.48 Å². The zero-order valence-corrected chi connectivity index (χ0v) is 11.7. The van der Waals surface area contributed by atoms with E-state index in [4.69, 9.17) is 4.74 Å². The monoisotopic (exact) mass is 241 g/mol. The summed E-state index contributed by atoms with van der Waals surface area (Å²) in [5.41, 5.74) is 0.912. The smallest absolute Gasteiger partial charge is 0.330 e. The molecule has 6 heteroatoms. The molecule has 1 aromatic rings. The molecule has 0 aliphatic rings. The number of nitrogens with zero attached hydrogens (tertiary/aromatic N) is 3. The van der Waals surface area contributed by atoms with Crippen molar-refractivity contribution in [1.29, 1.82) is 0 Å². The Kier molecular flexibility index (Phi) is 3.52. The highest BCUT2D eigenvalue weighted by Crippen LogP contribution is 2.10. The third-order valence-electron chi connectivity index (χ3n) is 2.48. The van der Waals surface area contributed by atoms with Gasteiger partial charge in [0.25, 0.3) is 0 Å². The highest BCUT2D eigenvalue weighted by atomic mass is 28.3. The van der Waals surface area contributed by atoms with E-state index in [1.807, 2.05) is 6.92 Å². The van der Waals surface area contributed by atoms with Crippen molar-refractivity contribution in [2.45, 2.75) is 39.5 Å². The average molecular weight is 241 g/mol. The Bertz CT molecular complexity index is 395. The summed E-state index contributed by atoms with van der Waals surface area (Å²) in [5.74, 6) is -0.288. The Labute approximate surface area is 96.8 Å². The molecule has 0 saturated carbocycles. The van der Waals surface area contributed by atoms with Gasteiger partial charge in [0.1, 0.15) is 14.1 Å². The Hall–Kier alpha value is -1.17. The molecule has 0 bridgehead atoms. The Balaban J connectivity index is 3.21. The minimum Gasteiger partial charge on any atom is -0.467 e. The second kappa shape index (κ2) is 4.37. The summed E-state index contributed by atoms with van der Waals surface area (Å²) < 4.78 is 6.43. The van der Waals surface area contributed by atoms with E-state index in [1.54, 1.807) is 11.6 Å². The predicted molar refractivity (Wildman–Crippen MR) is 64.5 cm³/mol. The van der Waals surface area contributed by atoms with E-state index in [-0.39, 0.29) is 5.97 Å². The van der Waals surface area contributed by atoms with Crippen LogP contribution in [0.25, 0.3) is 0 Å². The molecule has 0 amide bonds. The van der Waals surface area contributed by atoms with Crippen LogP contribution in [0.4, 0.5) is 0 Å². The normalized spacial score (nSPS) is 13.6. The Morgan fingerprint density at radius 2 is 2.00 bits per heavy atom. The summed E-state index contributed by atoms with van der Waals surface area (Å²) in [4.78, 5) is 11.5. The molecule has 1 atom stereocenters. The lowest BCUT2D eigenvalue weighted by Crippen LogP contribution is -2.46. The first-order valence-electron chi connectivity index (χ1n) is 5.29. The van der Waals surface area contributed by atoms with E-state index < -0.39 is 14.1 Å². The van der Waals surface area contributed by atoms with Crippen molar-refractivity contribution in [3.05, 3.63) is 5.69 Å². The van der Waals surface area contributed by atoms with Gasteiger partial charge in [0.15, 0.2) is 0 Å². The quantitative estimate of drug-likeness (QED) is 0.582. The molecule has 1 aromatic heterocycles. The van der Waals surface area contributed by atoms with Crippen LogP contribution in [-0.2, 0) is 9.53 Å². The molecule has 0 saturated heterocycles. The van der Waals surface area contributed by atoms with Gasteiger partial charge >= 0.3 is 5.97 Å². The number of aryl methyl sites for hydroxylation is 1. The predicted octanol–water partition coefficient (Wildman–Crippen LogP) is 0.866. The minimum atomic E-state index is -1.56. The van der Waals surface area contributed by atoms with Gasteiger partial charge in [-0.2, -0.15) is 0 Å². The zero-order chi connectivity index (χ0) is 12.5. The third-order valence-corrected chi connectivity index (χ3v) is 4.49. The molecule has 1 heterocycles. The lowest BCUT2D eigenvalue weighted by molar-refractivity contribution is -0.144. The number of rotatable bonds is 3. The minimum absolute atomic E-state index is 0.288. The number of carbonyl (C=O) groups is 1. The summed E-state index contributed by atoms with van der Waals surface area (Å²) in [6.07, 6.45) is 0. The van der Waals surface area contributed by atoms with E-state index >= 15 is 0 Å². The second-order valence-corrected chi connectivity index (χ2v) is 9.89. The van der Waals surface area contributed by atoms with E-state index in [2.05, 4.69) is 30.0 Å². The highest BCUT2D eigenvalue weighted by Gasteiger charge is 2.29. The standard InChI is InChI=1S/C10H19N3O2Si/c1-7-9(16(4,5)6)13(12-11-7)8(2)10(14)15-3/h8H,1-6H3. The van der Waals surface area contributed by atoms with Crippen molar-refractivity contribution < 1.29 is 9.53 Å². The first-order valence-corrected chi connectivity index (χ1v) is 8.79. The number of esters is 1. The fraction of sp³-hybridized carbons (Fsp3) is 0.700. The molecule has 0 spiro atoms. The molecule has 0 radical (unpaired) electrons. The highest BCUT2D eigenvalue weighted by molar-refractivity contribution is 6.88. The summed E-state index contributed by atoms with van der Waals surface area (Å²) in [6.45, 7) is 10.3. The van der Waals surface area contributed by atoms with Crippen molar-refractivity contribution in [1.82, 2.24) is 15.0 Å². The van der Waals surface area contributed by atoms with Crippen LogP contribution in [0.1, 0.15) is 18.7 Å². The molecule has 1 rings (SSSR count). The van der Waals surface area contributed by atoms with Gasteiger partial charge in [-0.05, 0) is 13.8 Å². The molecule has 0 N–H and O–H groups in total. The molecule has 0 aromatic carbocycles. The van der Waals surface area contributed by atoms with Crippen molar-refractivity contribution in [3.8, 4) is 0 Å². The van der Waals surface area contributed by atoms with Crippen LogP contribution in [0.3, 0.4) is 0 Å². The molecule has 16 heavy (non-hydrogen) atoms. The first-order chi connectivity index (χ1) is 7.29. The molecular weight excluding hydrogens is 222 g/mol. The number of methoxy groups -OCH3 is 1. The van der Waals surface area contributed by atoms with Gasteiger partial charge in [-0.1, -0.05) is 24.9 Å². The fourth-order valence-electron chi connectivity index (χ4n) is 1.80. The number of ether oxygens (including phenoxy) is 1. The number of carbonyl (C=O) groups excluding carboxylic acids is 1. The number of hydrogen-bond donors (Lipinski definition) is 0. The number of aromatic nitrogens is 3. The van der Waals surface area contributed by atoms with Crippen LogP contribution in [0.15, 0.2) is 0 Å². The van der Waals surface area contributed by atoms with Gasteiger partial charge < -0.3 is 4.74 Å². The molecule has 0 aliphatic carbocycles. The molecule has 5 nitrogen and oxygen atoms in total. The van der Waals surface area contributed by atoms with Crippen LogP contribution in [0.5, 0.6) is 0 Å². The summed E-state index contributed by atoms with van der Waals surface area (Å²) >= 11 is 0. The number of hydrogen-bond acceptors (Lipinski definition) is 4. The van der Waals surface area contributed by atoms with E-state index in [0.717, 1.165) is 11.0 Å². The van der Waals surface area contributed by atoms with Crippen molar-refractivity contribution in [2.75, 3.05) is 7.11 Å². The SMILES string of the molecule is COC(=O)C(C)n1nnc(C)c1[Si](C)(C)C. The molecular formula is C10H19N3O2Si. The molecule has 0 fully saturated rings.